The minimum Gasteiger partial charge on any atom is -0.294 e. The molecule has 106 valence electrons. The second kappa shape index (κ2) is 5.84. The fourth-order valence-electron chi connectivity index (χ4n) is 2.08. The Morgan fingerprint density at radius 2 is 2.05 bits per heavy atom. The van der Waals surface area contributed by atoms with Crippen molar-refractivity contribution in [2.45, 2.75) is 6.54 Å². The van der Waals surface area contributed by atoms with E-state index in [4.69, 9.17) is 0 Å². The summed E-state index contributed by atoms with van der Waals surface area (Å²) in [6, 6.07) is 10.3. The van der Waals surface area contributed by atoms with Crippen LogP contribution in [0.5, 0.6) is 0 Å². The number of hydrogen-bond donors (Lipinski definition) is 0. The van der Waals surface area contributed by atoms with Crippen molar-refractivity contribution in [1.82, 2.24) is 9.55 Å². The predicted molar refractivity (Wildman–Crippen MR) is 91.9 cm³/mol. The minimum absolute atomic E-state index is 0.0982. The lowest BCUT2D eigenvalue weighted by atomic mass is 10.2. The Bertz CT molecular complexity index is 894. The van der Waals surface area contributed by atoms with Crippen molar-refractivity contribution < 1.29 is 4.39 Å². The normalized spacial score (nSPS) is 11.0. The van der Waals surface area contributed by atoms with Gasteiger partial charge in [-0.1, -0.05) is 6.07 Å². The molecule has 0 bridgehead atoms. The first-order chi connectivity index (χ1) is 10.0. The highest BCUT2D eigenvalue weighted by atomic mass is 127. The van der Waals surface area contributed by atoms with Gasteiger partial charge in [0.25, 0.3) is 5.56 Å². The minimum atomic E-state index is -0.322. The van der Waals surface area contributed by atoms with E-state index in [2.05, 4.69) is 43.5 Å². The molecule has 1 aromatic heterocycles. The summed E-state index contributed by atoms with van der Waals surface area (Å²) in [5.41, 5.74) is 1.41. The lowest BCUT2D eigenvalue weighted by Gasteiger charge is -2.07. The first kappa shape index (κ1) is 14.6. The summed E-state index contributed by atoms with van der Waals surface area (Å²) < 4.78 is 16.1. The van der Waals surface area contributed by atoms with E-state index in [1.165, 1.54) is 17.0 Å². The van der Waals surface area contributed by atoms with Gasteiger partial charge in [-0.15, -0.1) is 0 Å². The van der Waals surface area contributed by atoms with Crippen molar-refractivity contribution in [3.05, 3.63) is 72.5 Å². The van der Waals surface area contributed by atoms with E-state index in [0.717, 1.165) is 9.13 Å². The van der Waals surface area contributed by atoms with Crippen LogP contribution in [0.1, 0.15) is 5.56 Å². The number of nitrogens with zero attached hydrogens (tertiary/aromatic N) is 2. The Morgan fingerprint density at radius 3 is 2.81 bits per heavy atom. The third kappa shape index (κ3) is 3.01. The van der Waals surface area contributed by atoms with Crippen molar-refractivity contribution in [2.75, 3.05) is 0 Å². The molecule has 0 aliphatic heterocycles. The second-order valence-corrected chi connectivity index (χ2v) is 6.69. The van der Waals surface area contributed by atoms with Crippen molar-refractivity contribution in [1.29, 1.82) is 0 Å². The molecule has 0 saturated heterocycles. The van der Waals surface area contributed by atoms with Gasteiger partial charge in [-0.25, -0.2) is 9.37 Å². The fourth-order valence-corrected chi connectivity index (χ4v) is 3.00. The molecular weight excluding hydrogens is 450 g/mol. The number of fused-ring (bicyclic) bond motifs is 1. The van der Waals surface area contributed by atoms with Crippen molar-refractivity contribution in [2.24, 2.45) is 0 Å². The van der Waals surface area contributed by atoms with E-state index in [-0.39, 0.29) is 11.4 Å². The van der Waals surface area contributed by atoms with Gasteiger partial charge < -0.3 is 0 Å². The summed E-state index contributed by atoms with van der Waals surface area (Å²) in [6.07, 6.45) is 1.52. The molecule has 0 aliphatic carbocycles. The summed E-state index contributed by atoms with van der Waals surface area (Å²) >= 11 is 5.31. The number of halogens is 3. The van der Waals surface area contributed by atoms with Crippen LogP contribution in [-0.4, -0.2) is 9.55 Å². The zero-order valence-electron chi connectivity index (χ0n) is 10.7. The Balaban J connectivity index is 2.06. The van der Waals surface area contributed by atoms with Gasteiger partial charge in [-0.2, -0.15) is 0 Å². The number of benzene rings is 2. The lowest BCUT2D eigenvalue weighted by molar-refractivity contribution is 0.619. The van der Waals surface area contributed by atoms with Gasteiger partial charge in [0.2, 0.25) is 0 Å². The quantitative estimate of drug-likeness (QED) is 0.545. The molecule has 1 heterocycles. The van der Waals surface area contributed by atoms with E-state index in [9.17, 15) is 9.18 Å². The monoisotopic (exact) mass is 458 g/mol. The first-order valence-electron chi connectivity index (χ1n) is 6.13. The van der Waals surface area contributed by atoms with Crippen molar-refractivity contribution >= 4 is 49.4 Å². The molecule has 0 N–H and O–H groups in total. The van der Waals surface area contributed by atoms with Crippen LogP contribution in [0, 0.1) is 9.39 Å². The molecule has 2 aromatic carbocycles. The molecule has 0 aliphatic rings. The van der Waals surface area contributed by atoms with Gasteiger partial charge in [-0.3, -0.25) is 9.36 Å². The van der Waals surface area contributed by atoms with E-state index in [1.807, 2.05) is 18.2 Å². The van der Waals surface area contributed by atoms with Gasteiger partial charge in [0.05, 0.1) is 28.2 Å². The van der Waals surface area contributed by atoms with Gasteiger partial charge in [0, 0.05) is 3.57 Å². The van der Waals surface area contributed by atoms with Gasteiger partial charge in [-0.05, 0) is 74.4 Å². The Hall–Kier alpha value is -1.28. The van der Waals surface area contributed by atoms with Crippen LogP contribution in [0.4, 0.5) is 4.39 Å². The summed E-state index contributed by atoms with van der Waals surface area (Å²) in [5.74, 6) is -0.322. The van der Waals surface area contributed by atoms with Crippen LogP contribution in [0.3, 0.4) is 0 Å². The maximum atomic E-state index is 13.2. The van der Waals surface area contributed by atoms with Crippen LogP contribution in [0.2, 0.25) is 0 Å². The SMILES string of the molecule is O=c1c2cc(I)ccc2ncn1Cc1ccc(F)c(Br)c1. The Labute approximate surface area is 142 Å². The molecular formula is C15H9BrFIN2O. The largest absolute Gasteiger partial charge is 0.294 e. The first-order valence-corrected chi connectivity index (χ1v) is 8.00. The smallest absolute Gasteiger partial charge is 0.261 e. The van der Waals surface area contributed by atoms with Gasteiger partial charge in [0.1, 0.15) is 5.82 Å². The van der Waals surface area contributed by atoms with Crippen LogP contribution >= 0.6 is 38.5 Å². The van der Waals surface area contributed by atoms with E-state index < -0.39 is 0 Å². The van der Waals surface area contributed by atoms with Crippen LogP contribution in [0.25, 0.3) is 10.9 Å². The third-order valence-electron chi connectivity index (χ3n) is 3.12. The standard InChI is InChI=1S/C15H9BrFIN2O/c16-12-5-9(1-3-13(12)17)7-20-8-19-14-4-2-10(18)6-11(14)15(20)21/h1-6,8H,7H2. The lowest BCUT2D eigenvalue weighted by Crippen LogP contribution is -2.21. The van der Waals surface area contributed by atoms with Crippen LogP contribution in [-0.2, 0) is 6.54 Å². The molecule has 6 heteroatoms. The fraction of sp³-hybridized carbons (Fsp3) is 0.0667. The van der Waals surface area contributed by atoms with Gasteiger partial charge >= 0.3 is 0 Å². The summed E-state index contributed by atoms with van der Waals surface area (Å²) in [4.78, 5) is 16.8. The molecule has 0 saturated carbocycles. The summed E-state index contributed by atoms with van der Waals surface area (Å²) in [7, 11) is 0. The zero-order valence-corrected chi connectivity index (χ0v) is 14.4. The second-order valence-electron chi connectivity index (χ2n) is 4.59. The van der Waals surface area contributed by atoms with Crippen molar-refractivity contribution in [3.8, 4) is 0 Å². The summed E-state index contributed by atoms with van der Waals surface area (Å²) in [5, 5.41) is 0.588. The van der Waals surface area contributed by atoms with E-state index in [0.29, 0.717) is 21.9 Å². The molecule has 0 unspecified atom stereocenters. The summed E-state index contributed by atoms with van der Waals surface area (Å²) in [6.45, 7) is 0.353. The molecule has 3 rings (SSSR count). The molecule has 3 aromatic rings. The molecule has 0 atom stereocenters. The predicted octanol–water partition coefficient (Wildman–Crippen LogP) is 3.95. The highest BCUT2D eigenvalue weighted by molar-refractivity contribution is 14.1. The van der Waals surface area contributed by atoms with Crippen LogP contribution < -0.4 is 5.56 Å². The Morgan fingerprint density at radius 1 is 1.24 bits per heavy atom. The topological polar surface area (TPSA) is 34.9 Å². The molecule has 0 radical (unpaired) electrons. The van der Waals surface area contributed by atoms with Crippen LogP contribution in [0.15, 0.2) is 52.0 Å². The van der Waals surface area contributed by atoms with Crippen molar-refractivity contribution in [3.63, 3.8) is 0 Å². The Kier molecular flexibility index (Phi) is 4.08. The maximum absolute atomic E-state index is 13.2. The highest BCUT2D eigenvalue weighted by Gasteiger charge is 2.06. The number of hydrogen-bond acceptors (Lipinski definition) is 2. The number of aromatic nitrogens is 2. The van der Waals surface area contributed by atoms with E-state index >= 15 is 0 Å². The third-order valence-corrected chi connectivity index (χ3v) is 4.40. The average molecular weight is 459 g/mol. The van der Waals surface area contributed by atoms with Gasteiger partial charge in [0.15, 0.2) is 0 Å². The molecule has 0 spiro atoms. The molecule has 21 heavy (non-hydrogen) atoms. The molecule has 3 nitrogen and oxygen atoms in total. The van der Waals surface area contributed by atoms with E-state index in [1.54, 1.807) is 12.1 Å². The maximum Gasteiger partial charge on any atom is 0.261 e. The molecule has 0 amide bonds. The highest BCUT2D eigenvalue weighted by Crippen LogP contribution is 2.17. The average Bonchev–Trinajstić information content (AvgIpc) is 2.46. The zero-order chi connectivity index (χ0) is 15.0. The molecule has 0 fully saturated rings. The number of rotatable bonds is 2.